The molecule has 1 unspecified atom stereocenters. The third-order valence-electron chi connectivity index (χ3n) is 4.18. The molecule has 0 aliphatic carbocycles. The van der Waals surface area contributed by atoms with Crippen molar-refractivity contribution in [1.82, 2.24) is 15.1 Å². The molecule has 6 nitrogen and oxygen atoms in total. The average Bonchev–Trinajstić information content (AvgIpc) is 2.61. The second-order valence-electron chi connectivity index (χ2n) is 5.96. The van der Waals surface area contributed by atoms with Gasteiger partial charge < -0.3 is 19.9 Å². The van der Waals surface area contributed by atoms with Crippen molar-refractivity contribution in [3.05, 3.63) is 41.6 Å². The normalized spacial score (nSPS) is 17.1. The first-order valence-electron chi connectivity index (χ1n) is 8.03. The number of benzene rings is 1. The molecule has 1 fully saturated rings. The van der Waals surface area contributed by atoms with Crippen LogP contribution in [-0.4, -0.2) is 56.0 Å². The molecule has 1 amide bonds. The van der Waals surface area contributed by atoms with E-state index in [1.807, 2.05) is 42.2 Å². The van der Waals surface area contributed by atoms with Crippen LogP contribution in [-0.2, 0) is 4.79 Å². The zero-order valence-electron chi connectivity index (χ0n) is 14.5. The Bertz CT molecular complexity index is 625. The molecule has 24 heavy (non-hydrogen) atoms. The number of amides is 1. The minimum atomic E-state index is -0.347. The number of nitrogens with one attached hydrogen (secondary N) is 1. The van der Waals surface area contributed by atoms with Gasteiger partial charge in [-0.25, -0.2) is 0 Å². The zero-order valence-corrected chi connectivity index (χ0v) is 14.5. The monoisotopic (exact) mass is 328 g/mol. The Morgan fingerprint density at radius 1 is 1.29 bits per heavy atom. The lowest BCUT2D eigenvalue weighted by molar-refractivity contribution is -0.117. The molecule has 1 aromatic rings. The second-order valence-corrected chi connectivity index (χ2v) is 5.96. The first kappa shape index (κ1) is 17.8. The van der Waals surface area contributed by atoms with Crippen LogP contribution in [0.15, 0.2) is 36.0 Å². The summed E-state index contributed by atoms with van der Waals surface area (Å²) in [6, 6.07) is 9.33. The van der Waals surface area contributed by atoms with E-state index < -0.39 is 0 Å². The van der Waals surface area contributed by atoms with E-state index in [9.17, 15) is 10.1 Å². The fourth-order valence-electron chi connectivity index (χ4n) is 2.52. The van der Waals surface area contributed by atoms with Crippen molar-refractivity contribution in [3.8, 4) is 11.8 Å². The van der Waals surface area contributed by atoms with Crippen molar-refractivity contribution in [2.45, 2.75) is 13.0 Å². The number of carbonyl (C=O) groups excluding carboxylic acids is 1. The maximum atomic E-state index is 12.4. The molecule has 1 aliphatic heterocycles. The van der Waals surface area contributed by atoms with E-state index in [0.29, 0.717) is 0 Å². The van der Waals surface area contributed by atoms with Crippen LogP contribution in [0.3, 0.4) is 0 Å². The number of nitrogens with zero attached hydrogens (tertiary/aromatic N) is 3. The number of hydrogen-bond acceptors (Lipinski definition) is 5. The van der Waals surface area contributed by atoms with Crippen LogP contribution >= 0.6 is 0 Å². The topological polar surface area (TPSA) is 68.6 Å². The van der Waals surface area contributed by atoms with E-state index in [0.717, 1.165) is 37.5 Å². The van der Waals surface area contributed by atoms with Crippen LogP contribution in [0.25, 0.3) is 0 Å². The van der Waals surface area contributed by atoms with E-state index in [2.05, 4.69) is 17.3 Å². The lowest BCUT2D eigenvalue weighted by Gasteiger charge is -2.31. The standard InChI is InChI=1S/C18H24N4O2/c1-14(15-4-6-17(24-3)7-5-15)20-18(23)16(12-19)13-22-10-8-21(2)9-11-22/h4-7,13-14H,8-11H2,1-3H3,(H,20,23)/b16-13-. The molecule has 1 heterocycles. The Kier molecular flexibility index (Phi) is 6.21. The third-order valence-corrected chi connectivity index (χ3v) is 4.18. The summed E-state index contributed by atoms with van der Waals surface area (Å²) in [7, 11) is 3.68. The molecule has 1 saturated heterocycles. The van der Waals surface area contributed by atoms with Crippen molar-refractivity contribution in [2.75, 3.05) is 40.3 Å². The molecule has 128 valence electrons. The molecule has 1 N–H and O–H groups in total. The average molecular weight is 328 g/mol. The third kappa shape index (κ3) is 4.74. The van der Waals surface area contributed by atoms with E-state index in [-0.39, 0.29) is 17.5 Å². The van der Waals surface area contributed by atoms with Gasteiger partial charge in [-0.3, -0.25) is 4.79 Å². The summed E-state index contributed by atoms with van der Waals surface area (Å²) in [5, 5.41) is 12.2. The SMILES string of the molecule is COc1ccc(C(C)NC(=O)/C(C#N)=C\N2CCN(C)CC2)cc1. The van der Waals surface area contributed by atoms with Crippen LogP contribution in [0.5, 0.6) is 5.75 Å². The lowest BCUT2D eigenvalue weighted by atomic mass is 10.1. The van der Waals surface area contributed by atoms with Gasteiger partial charge in [-0.05, 0) is 31.7 Å². The molecule has 6 heteroatoms. The lowest BCUT2D eigenvalue weighted by Crippen LogP contribution is -2.42. The highest BCUT2D eigenvalue weighted by molar-refractivity contribution is 5.97. The highest BCUT2D eigenvalue weighted by atomic mass is 16.5. The van der Waals surface area contributed by atoms with Gasteiger partial charge in [0.05, 0.1) is 13.2 Å². The van der Waals surface area contributed by atoms with Gasteiger partial charge in [0, 0.05) is 32.4 Å². The van der Waals surface area contributed by atoms with Crippen LogP contribution < -0.4 is 10.1 Å². The summed E-state index contributed by atoms with van der Waals surface area (Å²) in [5.74, 6) is 0.421. The van der Waals surface area contributed by atoms with Crippen LogP contribution in [0.1, 0.15) is 18.5 Å². The Labute approximate surface area is 143 Å². The highest BCUT2D eigenvalue weighted by Crippen LogP contribution is 2.17. The largest absolute Gasteiger partial charge is 0.497 e. The number of likely N-dealkylation sites (N-methyl/N-ethyl adjacent to an activating group) is 1. The minimum Gasteiger partial charge on any atom is -0.497 e. The summed E-state index contributed by atoms with van der Waals surface area (Å²) in [6.07, 6.45) is 1.67. The predicted molar refractivity (Wildman–Crippen MR) is 92.3 cm³/mol. The maximum Gasteiger partial charge on any atom is 0.263 e. The van der Waals surface area contributed by atoms with Gasteiger partial charge in [0.15, 0.2) is 0 Å². The predicted octanol–water partition coefficient (Wildman–Crippen LogP) is 1.53. The number of piperazine rings is 1. The number of carbonyl (C=O) groups is 1. The Morgan fingerprint density at radius 3 is 2.46 bits per heavy atom. The molecule has 0 saturated carbocycles. The van der Waals surface area contributed by atoms with Gasteiger partial charge in [-0.2, -0.15) is 5.26 Å². The van der Waals surface area contributed by atoms with E-state index in [4.69, 9.17) is 4.74 Å². The Morgan fingerprint density at radius 2 is 1.92 bits per heavy atom. The molecular formula is C18H24N4O2. The summed E-state index contributed by atoms with van der Waals surface area (Å²) >= 11 is 0. The summed E-state index contributed by atoms with van der Waals surface area (Å²) in [5.41, 5.74) is 1.10. The molecule has 1 aliphatic rings. The smallest absolute Gasteiger partial charge is 0.263 e. The number of hydrogen-bond donors (Lipinski definition) is 1. The summed E-state index contributed by atoms with van der Waals surface area (Å²) in [4.78, 5) is 16.6. The summed E-state index contributed by atoms with van der Waals surface area (Å²) < 4.78 is 5.13. The van der Waals surface area contributed by atoms with Crippen molar-refractivity contribution in [2.24, 2.45) is 0 Å². The summed E-state index contributed by atoms with van der Waals surface area (Å²) in [6.45, 7) is 5.40. The van der Waals surface area contributed by atoms with Crippen molar-refractivity contribution >= 4 is 5.91 Å². The second kappa shape index (κ2) is 8.37. The van der Waals surface area contributed by atoms with Crippen molar-refractivity contribution in [1.29, 1.82) is 5.26 Å². The molecule has 1 aromatic carbocycles. The zero-order chi connectivity index (χ0) is 17.5. The van der Waals surface area contributed by atoms with Gasteiger partial charge in [-0.15, -0.1) is 0 Å². The van der Waals surface area contributed by atoms with Gasteiger partial charge in [0.1, 0.15) is 17.4 Å². The van der Waals surface area contributed by atoms with Gasteiger partial charge in [0.2, 0.25) is 0 Å². The molecule has 1 atom stereocenters. The van der Waals surface area contributed by atoms with E-state index in [1.165, 1.54) is 0 Å². The number of ether oxygens (including phenoxy) is 1. The first-order valence-corrected chi connectivity index (χ1v) is 8.03. The van der Waals surface area contributed by atoms with Crippen LogP contribution in [0, 0.1) is 11.3 Å². The van der Waals surface area contributed by atoms with Gasteiger partial charge >= 0.3 is 0 Å². The maximum absolute atomic E-state index is 12.4. The number of methoxy groups -OCH3 is 1. The highest BCUT2D eigenvalue weighted by Gasteiger charge is 2.17. The fraction of sp³-hybridized carbons (Fsp3) is 0.444. The molecular weight excluding hydrogens is 304 g/mol. The molecule has 2 rings (SSSR count). The van der Waals surface area contributed by atoms with Gasteiger partial charge in [0.25, 0.3) is 5.91 Å². The van der Waals surface area contributed by atoms with Gasteiger partial charge in [-0.1, -0.05) is 12.1 Å². The molecule has 0 radical (unpaired) electrons. The van der Waals surface area contributed by atoms with Crippen LogP contribution in [0.2, 0.25) is 0 Å². The van der Waals surface area contributed by atoms with E-state index >= 15 is 0 Å². The molecule has 0 spiro atoms. The Balaban J connectivity index is 1.99. The number of rotatable bonds is 5. The van der Waals surface area contributed by atoms with Crippen molar-refractivity contribution < 1.29 is 9.53 Å². The molecule has 0 aromatic heterocycles. The van der Waals surface area contributed by atoms with Crippen molar-refractivity contribution in [3.63, 3.8) is 0 Å². The number of nitriles is 1. The first-order chi connectivity index (χ1) is 11.5. The minimum absolute atomic E-state index is 0.139. The fourth-order valence-corrected chi connectivity index (χ4v) is 2.52. The van der Waals surface area contributed by atoms with Crippen LogP contribution in [0.4, 0.5) is 0 Å². The van der Waals surface area contributed by atoms with E-state index in [1.54, 1.807) is 13.3 Å². The quantitative estimate of drug-likeness (QED) is 0.656. The Hall–Kier alpha value is -2.52. The molecule has 0 bridgehead atoms.